The summed E-state index contributed by atoms with van der Waals surface area (Å²) in [4.78, 5) is 14.0. The van der Waals surface area contributed by atoms with Crippen molar-refractivity contribution in [3.05, 3.63) is 23.8 Å². The Morgan fingerprint density at radius 1 is 1.09 bits per heavy atom. The van der Waals surface area contributed by atoms with E-state index in [0.717, 1.165) is 24.3 Å². The van der Waals surface area contributed by atoms with Crippen LogP contribution in [0.1, 0.15) is 25.8 Å². The van der Waals surface area contributed by atoms with Gasteiger partial charge >= 0.3 is 0 Å². The molecule has 126 valence electrons. The molecular formula is C16H23N3O3S. The van der Waals surface area contributed by atoms with Gasteiger partial charge in [-0.05, 0) is 44.0 Å². The van der Waals surface area contributed by atoms with E-state index in [1.54, 1.807) is 22.5 Å². The Labute approximate surface area is 137 Å². The molecule has 1 amide bonds. The van der Waals surface area contributed by atoms with Crippen LogP contribution in [0.5, 0.6) is 0 Å². The molecule has 6 nitrogen and oxygen atoms in total. The van der Waals surface area contributed by atoms with E-state index in [-0.39, 0.29) is 5.91 Å². The normalized spacial score (nSPS) is 20.4. The summed E-state index contributed by atoms with van der Waals surface area (Å²) in [5, 5.41) is 2.78. The van der Waals surface area contributed by atoms with Gasteiger partial charge < -0.3 is 5.32 Å². The lowest BCUT2D eigenvalue weighted by atomic mass is 10.0. The van der Waals surface area contributed by atoms with Crippen molar-refractivity contribution in [2.45, 2.75) is 37.6 Å². The third-order valence-electron chi connectivity index (χ3n) is 4.61. The molecule has 0 unspecified atom stereocenters. The number of anilines is 1. The molecule has 2 aliphatic rings. The highest BCUT2D eigenvalue weighted by atomic mass is 32.2. The number of rotatable bonds is 3. The molecule has 0 radical (unpaired) electrons. The van der Waals surface area contributed by atoms with Crippen LogP contribution in [0, 0.1) is 0 Å². The SMILES string of the molecule is CC(C)N1CCN(S(=O)(=O)c2ccc3c(c2)CCC(=O)N3)CC1. The van der Waals surface area contributed by atoms with E-state index in [1.807, 2.05) is 0 Å². The zero-order valence-corrected chi connectivity index (χ0v) is 14.4. The minimum Gasteiger partial charge on any atom is -0.326 e. The highest BCUT2D eigenvalue weighted by Crippen LogP contribution is 2.27. The highest BCUT2D eigenvalue weighted by molar-refractivity contribution is 7.89. The molecule has 23 heavy (non-hydrogen) atoms. The van der Waals surface area contributed by atoms with Crippen molar-refractivity contribution >= 4 is 21.6 Å². The molecule has 2 aliphatic heterocycles. The first kappa shape index (κ1) is 16.4. The topological polar surface area (TPSA) is 69.7 Å². The van der Waals surface area contributed by atoms with E-state index in [0.29, 0.717) is 36.9 Å². The van der Waals surface area contributed by atoms with Crippen molar-refractivity contribution < 1.29 is 13.2 Å². The molecular weight excluding hydrogens is 314 g/mol. The lowest BCUT2D eigenvalue weighted by Crippen LogP contribution is -2.50. The maximum Gasteiger partial charge on any atom is 0.243 e. The lowest BCUT2D eigenvalue weighted by Gasteiger charge is -2.36. The number of carbonyl (C=O) groups excluding carboxylic acids is 1. The molecule has 1 aromatic carbocycles. The smallest absolute Gasteiger partial charge is 0.243 e. The van der Waals surface area contributed by atoms with Gasteiger partial charge in [0.05, 0.1) is 4.90 Å². The van der Waals surface area contributed by atoms with Crippen LogP contribution in [0.15, 0.2) is 23.1 Å². The fraction of sp³-hybridized carbons (Fsp3) is 0.562. The predicted octanol–water partition coefficient (Wildman–Crippen LogP) is 1.29. The molecule has 1 saturated heterocycles. The fourth-order valence-corrected chi connectivity index (χ4v) is 4.60. The van der Waals surface area contributed by atoms with Crippen molar-refractivity contribution in [3.63, 3.8) is 0 Å². The van der Waals surface area contributed by atoms with Crippen LogP contribution in [-0.4, -0.2) is 55.8 Å². The zero-order chi connectivity index (χ0) is 16.6. The Bertz CT molecular complexity index is 707. The Hall–Kier alpha value is -1.44. The van der Waals surface area contributed by atoms with Gasteiger partial charge in [0.25, 0.3) is 0 Å². The number of piperazine rings is 1. The van der Waals surface area contributed by atoms with Gasteiger partial charge in [-0.15, -0.1) is 0 Å². The number of hydrogen-bond acceptors (Lipinski definition) is 4. The molecule has 0 aromatic heterocycles. The number of nitrogens with zero attached hydrogens (tertiary/aromatic N) is 2. The molecule has 2 heterocycles. The maximum absolute atomic E-state index is 12.8. The number of sulfonamides is 1. The van der Waals surface area contributed by atoms with E-state index < -0.39 is 10.0 Å². The van der Waals surface area contributed by atoms with Gasteiger partial charge in [-0.3, -0.25) is 9.69 Å². The van der Waals surface area contributed by atoms with Gasteiger partial charge in [0.2, 0.25) is 15.9 Å². The maximum atomic E-state index is 12.8. The largest absolute Gasteiger partial charge is 0.326 e. The van der Waals surface area contributed by atoms with Gasteiger partial charge in [0.15, 0.2) is 0 Å². The van der Waals surface area contributed by atoms with Gasteiger partial charge in [-0.2, -0.15) is 4.31 Å². The standard InChI is InChI=1S/C16H23N3O3S/c1-12(2)18-7-9-19(10-8-18)23(21,22)14-4-5-15-13(11-14)3-6-16(20)17-15/h4-5,11-12H,3,6-10H2,1-2H3,(H,17,20). The summed E-state index contributed by atoms with van der Waals surface area (Å²) in [5.41, 5.74) is 1.62. The van der Waals surface area contributed by atoms with Crippen molar-refractivity contribution in [1.29, 1.82) is 0 Å². The van der Waals surface area contributed by atoms with Crippen LogP contribution in [-0.2, 0) is 21.2 Å². The van der Waals surface area contributed by atoms with E-state index >= 15 is 0 Å². The second-order valence-corrected chi connectivity index (χ2v) is 8.34. The van der Waals surface area contributed by atoms with Crippen LogP contribution in [0.2, 0.25) is 0 Å². The number of nitrogens with one attached hydrogen (secondary N) is 1. The summed E-state index contributed by atoms with van der Waals surface area (Å²) in [6.07, 6.45) is 0.995. The number of amides is 1. The second kappa shape index (κ2) is 6.22. The van der Waals surface area contributed by atoms with Gasteiger partial charge in [-0.1, -0.05) is 0 Å². The first-order valence-electron chi connectivity index (χ1n) is 8.05. The Balaban J connectivity index is 1.79. The Kier molecular flexibility index (Phi) is 4.44. The van der Waals surface area contributed by atoms with E-state index in [4.69, 9.17) is 0 Å². The van der Waals surface area contributed by atoms with Crippen LogP contribution < -0.4 is 5.32 Å². The van der Waals surface area contributed by atoms with Gasteiger partial charge in [-0.25, -0.2) is 8.42 Å². The Morgan fingerprint density at radius 3 is 2.43 bits per heavy atom. The molecule has 7 heteroatoms. The second-order valence-electron chi connectivity index (χ2n) is 6.40. The Morgan fingerprint density at radius 2 is 1.78 bits per heavy atom. The third kappa shape index (κ3) is 3.27. The molecule has 1 aromatic rings. The van der Waals surface area contributed by atoms with E-state index in [1.165, 1.54) is 0 Å². The fourth-order valence-electron chi connectivity index (χ4n) is 3.13. The molecule has 1 N–H and O–H groups in total. The van der Waals surface area contributed by atoms with Crippen molar-refractivity contribution in [3.8, 4) is 0 Å². The molecule has 3 rings (SSSR count). The van der Waals surface area contributed by atoms with Crippen molar-refractivity contribution in [1.82, 2.24) is 9.21 Å². The van der Waals surface area contributed by atoms with Crippen LogP contribution in [0.3, 0.4) is 0 Å². The molecule has 0 spiro atoms. The average Bonchev–Trinajstić information content (AvgIpc) is 2.54. The first-order valence-corrected chi connectivity index (χ1v) is 9.49. The number of hydrogen-bond donors (Lipinski definition) is 1. The monoisotopic (exact) mass is 337 g/mol. The van der Waals surface area contributed by atoms with Crippen molar-refractivity contribution in [2.75, 3.05) is 31.5 Å². The van der Waals surface area contributed by atoms with Gasteiger partial charge in [0.1, 0.15) is 0 Å². The minimum absolute atomic E-state index is 0.0158. The predicted molar refractivity (Wildman–Crippen MR) is 88.9 cm³/mol. The van der Waals surface area contributed by atoms with Gasteiger partial charge in [0, 0.05) is 44.3 Å². The van der Waals surface area contributed by atoms with Crippen LogP contribution >= 0.6 is 0 Å². The quantitative estimate of drug-likeness (QED) is 0.902. The number of carbonyl (C=O) groups is 1. The summed E-state index contributed by atoms with van der Waals surface area (Å²) in [5.74, 6) is -0.0158. The minimum atomic E-state index is -3.46. The first-order chi connectivity index (χ1) is 10.9. The number of aryl methyl sites for hydroxylation is 1. The molecule has 0 bridgehead atoms. The molecule has 0 atom stereocenters. The van der Waals surface area contributed by atoms with Crippen LogP contribution in [0.25, 0.3) is 0 Å². The van der Waals surface area contributed by atoms with E-state index in [2.05, 4.69) is 24.1 Å². The summed E-state index contributed by atoms with van der Waals surface area (Å²) in [7, 11) is -3.46. The summed E-state index contributed by atoms with van der Waals surface area (Å²) < 4.78 is 27.2. The van der Waals surface area contributed by atoms with Crippen LogP contribution in [0.4, 0.5) is 5.69 Å². The molecule has 0 saturated carbocycles. The zero-order valence-electron chi connectivity index (χ0n) is 13.6. The number of fused-ring (bicyclic) bond motifs is 1. The number of benzene rings is 1. The lowest BCUT2D eigenvalue weighted by molar-refractivity contribution is -0.116. The molecule has 1 fully saturated rings. The van der Waals surface area contributed by atoms with E-state index in [9.17, 15) is 13.2 Å². The summed E-state index contributed by atoms with van der Waals surface area (Å²) >= 11 is 0. The van der Waals surface area contributed by atoms with Crippen molar-refractivity contribution in [2.24, 2.45) is 0 Å². The highest BCUT2D eigenvalue weighted by Gasteiger charge is 2.30. The third-order valence-corrected chi connectivity index (χ3v) is 6.51. The summed E-state index contributed by atoms with van der Waals surface area (Å²) in [6, 6.07) is 5.43. The summed E-state index contributed by atoms with van der Waals surface area (Å²) in [6.45, 7) is 6.82. The molecule has 0 aliphatic carbocycles. The average molecular weight is 337 g/mol.